The van der Waals surface area contributed by atoms with Gasteiger partial charge in [-0.15, -0.1) is 9.13 Å². The smallest absolute Gasteiger partial charge is 0.151 e. The molecule has 0 atom stereocenters. The Labute approximate surface area is 240 Å². The topological polar surface area (TPSA) is 11.6 Å². The van der Waals surface area contributed by atoms with E-state index in [1.807, 2.05) is 0 Å². The molecule has 0 saturated heterocycles. The first-order valence-electron chi connectivity index (χ1n) is 14.5. The lowest BCUT2D eigenvalue weighted by molar-refractivity contribution is -0.962. The molecule has 0 radical (unpaired) electrons. The largest absolute Gasteiger partial charge is 0.417 e. The third-order valence-corrected chi connectivity index (χ3v) is 9.59. The number of rotatable bonds is 0. The zero-order valence-corrected chi connectivity index (χ0v) is 23.7. The van der Waals surface area contributed by atoms with Crippen molar-refractivity contribution in [2.75, 3.05) is 0 Å². The number of pyridine rings is 3. The molecule has 3 aromatic carbocycles. The van der Waals surface area contributed by atoms with Crippen LogP contribution in [0.5, 0.6) is 0 Å². The number of aromatic nitrogens is 3. The van der Waals surface area contributed by atoms with Crippen molar-refractivity contribution in [2.24, 2.45) is 0 Å². The molecule has 194 valence electrons. The molecule has 6 aliphatic heterocycles. The molecule has 7 bridgehead atoms. The van der Waals surface area contributed by atoms with Gasteiger partial charge in [0.05, 0.1) is 11.1 Å². The molecule has 0 amide bonds. The second-order valence-electron chi connectivity index (χ2n) is 11.8. The molecule has 12 rings (SSSR count). The van der Waals surface area contributed by atoms with E-state index in [4.69, 9.17) is 0 Å². The van der Waals surface area contributed by atoms with E-state index in [9.17, 15) is 0 Å². The van der Waals surface area contributed by atoms with Gasteiger partial charge in [0.2, 0.25) is 28.5 Å². The number of hydrogen-bond donors (Lipinski definition) is 0. The van der Waals surface area contributed by atoms with Gasteiger partial charge in [-0.1, -0.05) is 30.3 Å². The molecule has 0 saturated carbocycles. The van der Waals surface area contributed by atoms with Crippen molar-refractivity contribution in [3.05, 3.63) is 143 Å². The maximum Gasteiger partial charge on any atom is 0.417 e. The molecule has 0 N–H and O–H groups in total. The first-order chi connectivity index (χ1) is 20.0. The van der Waals surface area contributed by atoms with Crippen LogP contribution in [0, 0.1) is 27.7 Å². The van der Waals surface area contributed by atoms with Crippen LogP contribution in [0.3, 0.4) is 0 Å². The van der Waals surface area contributed by atoms with Crippen LogP contribution in [-0.2, 0) is 5.66 Å². The fourth-order valence-corrected chi connectivity index (χ4v) is 8.28. The lowest BCUT2D eigenvalue weighted by Crippen LogP contribution is -2.76. The molecule has 3 nitrogen and oxygen atoms in total. The highest BCUT2D eigenvalue weighted by molar-refractivity contribution is 5.87. The van der Waals surface area contributed by atoms with Gasteiger partial charge in [-0.2, -0.15) is 4.57 Å². The summed E-state index contributed by atoms with van der Waals surface area (Å²) in [4.78, 5) is 0. The molecular weight excluding hydrogens is 498 g/mol. The number of aryl methyl sites for hydroxylation is 4. The number of benzene rings is 3. The van der Waals surface area contributed by atoms with E-state index in [1.54, 1.807) is 0 Å². The van der Waals surface area contributed by atoms with E-state index in [1.165, 1.54) is 84.1 Å². The van der Waals surface area contributed by atoms with Crippen LogP contribution >= 0.6 is 0 Å². The van der Waals surface area contributed by atoms with Crippen molar-refractivity contribution in [1.29, 1.82) is 0 Å². The van der Waals surface area contributed by atoms with Crippen molar-refractivity contribution in [3.8, 4) is 50.7 Å². The van der Waals surface area contributed by atoms with Crippen LogP contribution in [-0.4, -0.2) is 0 Å². The summed E-state index contributed by atoms with van der Waals surface area (Å²) < 4.78 is 7.74. The minimum atomic E-state index is -0.689. The zero-order chi connectivity index (χ0) is 27.6. The molecule has 6 aromatic rings. The molecule has 0 fully saturated rings. The molecule has 3 aromatic heterocycles. The highest BCUT2D eigenvalue weighted by Crippen LogP contribution is 2.49. The third kappa shape index (κ3) is 2.54. The van der Waals surface area contributed by atoms with Crippen LogP contribution in [0.25, 0.3) is 50.7 Å². The van der Waals surface area contributed by atoms with Crippen LogP contribution in [0.4, 0.5) is 0 Å². The van der Waals surface area contributed by atoms with E-state index >= 15 is 0 Å². The van der Waals surface area contributed by atoms with Gasteiger partial charge in [0.25, 0.3) is 0 Å². The summed E-state index contributed by atoms with van der Waals surface area (Å²) in [5, 5.41) is 0. The lowest BCUT2D eigenvalue weighted by atomic mass is 9.79. The van der Waals surface area contributed by atoms with Crippen molar-refractivity contribution in [2.45, 2.75) is 33.4 Å². The average molecular weight is 529 g/mol. The molecule has 41 heavy (non-hydrogen) atoms. The third-order valence-electron chi connectivity index (χ3n) is 9.59. The Morgan fingerprint density at radius 3 is 1.44 bits per heavy atom. The van der Waals surface area contributed by atoms with E-state index in [2.05, 4.69) is 151 Å². The Morgan fingerprint density at radius 2 is 0.927 bits per heavy atom. The predicted octanol–water partition coefficient (Wildman–Crippen LogP) is 6.68. The molecule has 0 aliphatic carbocycles. The van der Waals surface area contributed by atoms with Crippen LogP contribution in [0.2, 0.25) is 0 Å². The van der Waals surface area contributed by atoms with Gasteiger partial charge in [0.15, 0.2) is 12.4 Å². The summed E-state index contributed by atoms with van der Waals surface area (Å²) in [7, 11) is 0. The molecule has 9 heterocycles. The zero-order valence-electron chi connectivity index (χ0n) is 23.7. The highest BCUT2D eigenvalue weighted by Gasteiger charge is 2.64. The van der Waals surface area contributed by atoms with E-state index in [-0.39, 0.29) is 0 Å². The Bertz CT molecular complexity index is 1850. The van der Waals surface area contributed by atoms with Crippen molar-refractivity contribution < 1.29 is 13.7 Å². The van der Waals surface area contributed by atoms with Gasteiger partial charge in [-0.3, -0.25) is 0 Å². The first-order valence-corrected chi connectivity index (χ1v) is 14.5. The maximum atomic E-state index is 2.63. The Hall–Kier alpha value is -4.89. The summed E-state index contributed by atoms with van der Waals surface area (Å²) in [5.41, 5.74) is 18.4. The first kappa shape index (κ1) is 22.9. The van der Waals surface area contributed by atoms with Gasteiger partial charge >= 0.3 is 5.66 Å². The maximum absolute atomic E-state index is 2.63. The fourth-order valence-electron chi connectivity index (χ4n) is 8.28. The molecule has 0 unspecified atom stereocenters. The summed E-state index contributed by atoms with van der Waals surface area (Å²) >= 11 is 0. The molecule has 3 heteroatoms. The Balaban J connectivity index is 1.78. The SMILES string of the molecule is Cc1cc(C)c2c3c1-c1cccc[n+]1C1(c4ccccc4-c4c(C)cc(C)c([n+]4-3)-c3ccccc31)[n+]1ccccc1-2. The number of nitrogens with zero attached hydrogens (tertiary/aromatic N) is 3. The van der Waals surface area contributed by atoms with Gasteiger partial charge < -0.3 is 0 Å². The summed E-state index contributed by atoms with van der Waals surface area (Å²) in [6.07, 6.45) is 4.60. The van der Waals surface area contributed by atoms with Crippen LogP contribution in [0.1, 0.15) is 33.4 Å². The molecule has 6 aliphatic rings. The summed E-state index contributed by atoms with van der Waals surface area (Å²) in [6.45, 7) is 9.14. The van der Waals surface area contributed by atoms with Crippen LogP contribution in [0.15, 0.2) is 109 Å². The predicted molar refractivity (Wildman–Crippen MR) is 161 cm³/mol. The van der Waals surface area contributed by atoms with Crippen molar-refractivity contribution in [3.63, 3.8) is 0 Å². The van der Waals surface area contributed by atoms with E-state index in [0.29, 0.717) is 0 Å². The molecule has 1 spiro atoms. The minimum Gasteiger partial charge on any atom is -0.151 e. The van der Waals surface area contributed by atoms with Gasteiger partial charge in [-0.25, -0.2) is 0 Å². The van der Waals surface area contributed by atoms with Crippen LogP contribution < -0.4 is 13.7 Å². The second-order valence-corrected chi connectivity index (χ2v) is 11.8. The van der Waals surface area contributed by atoms with Gasteiger partial charge in [-0.05, 0) is 81.3 Å². The quantitative estimate of drug-likeness (QED) is 0.195. The normalized spacial score (nSPS) is 14.0. The fraction of sp³-hybridized carbons (Fsp3) is 0.132. The lowest BCUT2D eigenvalue weighted by Gasteiger charge is -2.30. The second kappa shape index (κ2) is 7.64. The van der Waals surface area contributed by atoms with Crippen molar-refractivity contribution >= 4 is 0 Å². The number of hydrogen-bond acceptors (Lipinski definition) is 0. The summed E-state index contributed by atoms with van der Waals surface area (Å²) in [5.74, 6) is 0. The Morgan fingerprint density at radius 1 is 0.488 bits per heavy atom. The minimum absolute atomic E-state index is 0.689. The monoisotopic (exact) mass is 528 g/mol. The average Bonchev–Trinajstić information content (AvgIpc) is 3.08. The molecular formula is C38H30N3+3. The van der Waals surface area contributed by atoms with Gasteiger partial charge in [0, 0.05) is 35.4 Å². The standard InChI is InChI=1S/C38H30N3/c1-23-21-24(2)34-32-18-10-12-20-40(32)38-29-15-7-5-13-27(29)35-25(3)22-26(4)36(28-14-6-8-16-30(28)38)41(35)37(34)33(23)31-17-9-11-19-39(31)38/h5-22H,1-4H3/q+3. The summed E-state index contributed by atoms with van der Waals surface area (Å²) in [6, 6.07) is 36.4. The Kier molecular flexibility index (Phi) is 4.26. The van der Waals surface area contributed by atoms with E-state index < -0.39 is 5.66 Å². The van der Waals surface area contributed by atoms with E-state index in [0.717, 1.165) is 0 Å². The van der Waals surface area contributed by atoms with Gasteiger partial charge in [0.1, 0.15) is 22.3 Å². The van der Waals surface area contributed by atoms with Crippen molar-refractivity contribution in [1.82, 2.24) is 0 Å². The highest BCUT2D eigenvalue weighted by atomic mass is 15.3.